The molecule has 1 saturated heterocycles. The van der Waals surface area contributed by atoms with Crippen LogP contribution in [0.15, 0.2) is 42.6 Å². The van der Waals surface area contributed by atoms with Crippen LogP contribution in [0.1, 0.15) is 28.9 Å². The van der Waals surface area contributed by atoms with Gasteiger partial charge in [0.15, 0.2) is 0 Å². The van der Waals surface area contributed by atoms with E-state index in [4.69, 9.17) is 10.5 Å². The van der Waals surface area contributed by atoms with Crippen LogP contribution in [0.4, 0.5) is 11.4 Å². The smallest absolute Gasteiger partial charge is 0.272 e. The number of carbonyl (C=O) groups is 2. The van der Waals surface area contributed by atoms with Crippen LogP contribution in [0.3, 0.4) is 0 Å². The molecule has 3 atom stereocenters. The number of nitrogen functional groups attached to an aromatic ring is 1. The third-order valence-corrected chi connectivity index (χ3v) is 5.94. The molecule has 0 aliphatic carbocycles. The molecule has 1 aromatic heterocycles. The molecule has 1 unspecified atom stereocenters. The zero-order valence-electron chi connectivity index (χ0n) is 17.2. The monoisotopic (exact) mass is 409 g/mol. The maximum absolute atomic E-state index is 13.1. The van der Waals surface area contributed by atoms with Crippen molar-refractivity contribution >= 4 is 23.2 Å². The molecule has 0 bridgehead atoms. The van der Waals surface area contributed by atoms with Crippen molar-refractivity contribution in [2.24, 2.45) is 0 Å². The molecule has 8 nitrogen and oxygen atoms in total. The third kappa shape index (κ3) is 3.70. The fraction of sp³-hybridized carbons (Fsp3) is 0.409. The van der Waals surface area contributed by atoms with Crippen molar-refractivity contribution in [1.29, 1.82) is 0 Å². The van der Waals surface area contributed by atoms with E-state index in [0.717, 1.165) is 17.8 Å². The highest BCUT2D eigenvalue weighted by Gasteiger charge is 2.40. The molecule has 0 saturated carbocycles. The molecule has 2 aliphatic rings. The number of likely N-dealkylation sites (tertiary alicyclic amines) is 1. The summed E-state index contributed by atoms with van der Waals surface area (Å²) in [5.74, 6) is -0.468. The Morgan fingerprint density at radius 2 is 2.00 bits per heavy atom. The van der Waals surface area contributed by atoms with Gasteiger partial charge >= 0.3 is 0 Å². The molecule has 3 heterocycles. The van der Waals surface area contributed by atoms with Crippen LogP contribution in [-0.4, -0.2) is 67.1 Å². The van der Waals surface area contributed by atoms with Crippen LogP contribution in [0.25, 0.3) is 0 Å². The van der Waals surface area contributed by atoms with Crippen molar-refractivity contribution in [2.75, 3.05) is 43.9 Å². The fourth-order valence-corrected chi connectivity index (χ4v) is 4.31. The van der Waals surface area contributed by atoms with E-state index in [1.165, 1.54) is 6.20 Å². The van der Waals surface area contributed by atoms with Gasteiger partial charge in [-0.05, 0) is 30.7 Å². The van der Waals surface area contributed by atoms with Gasteiger partial charge in [-0.3, -0.25) is 9.59 Å². The first-order chi connectivity index (χ1) is 14.5. The summed E-state index contributed by atoms with van der Waals surface area (Å²) in [6.45, 7) is 4.37. The molecular formula is C22H27N5O3. The lowest BCUT2D eigenvalue weighted by molar-refractivity contribution is -0.123. The number of nitrogens with one attached hydrogen (secondary N) is 1. The van der Waals surface area contributed by atoms with E-state index < -0.39 is 0 Å². The number of methoxy groups -OCH3 is 1. The number of fused-ring (bicyclic) bond motifs is 1. The number of anilines is 2. The van der Waals surface area contributed by atoms with Gasteiger partial charge in [0.05, 0.1) is 29.9 Å². The largest absolute Gasteiger partial charge is 0.397 e. The number of hydrogen-bond acceptors (Lipinski definition) is 6. The molecule has 2 aliphatic heterocycles. The lowest BCUT2D eigenvalue weighted by Gasteiger charge is -2.21. The highest BCUT2D eigenvalue weighted by atomic mass is 16.5. The van der Waals surface area contributed by atoms with Crippen LogP contribution >= 0.6 is 0 Å². The second-order valence-corrected chi connectivity index (χ2v) is 7.73. The first-order valence-electron chi connectivity index (χ1n) is 10.2. The Labute approximate surface area is 176 Å². The van der Waals surface area contributed by atoms with Gasteiger partial charge in [-0.2, -0.15) is 0 Å². The highest BCUT2D eigenvalue weighted by Crippen LogP contribution is 2.36. The van der Waals surface area contributed by atoms with Gasteiger partial charge < -0.3 is 25.6 Å². The lowest BCUT2D eigenvalue weighted by Crippen LogP contribution is -2.46. The number of rotatable bonds is 5. The van der Waals surface area contributed by atoms with Crippen LogP contribution in [-0.2, 0) is 9.53 Å². The summed E-state index contributed by atoms with van der Waals surface area (Å²) in [6.07, 6.45) is 1.19. The number of hydrogen-bond donors (Lipinski definition) is 2. The number of ether oxygens (including phenoxy) is 1. The second-order valence-electron chi connectivity index (χ2n) is 7.73. The van der Waals surface area contributed by atoms with Crippen LogP contribution in [0.2, 0.25) is 0 Å². The Bertz CT molecular complexity index is 933. The summed E-state index contributed by atoms with van der Waals surface area (Å²) < 4.78 is 5.58. The average Bonchev–Trinajstić information content (AvgIpc) is 3.35. The Morgan fingerprint density at radius 1 is 1.20 bits per heavy atom. The Kier molecular flexibility index (Phi) is 5.59. The maximum Gasteiger partial charge on any atom is 0.272 e. The third-order valence-electron chi connectivity index (χ3n) is 5.94. The predicted octanol–water partition coefficient (Wildman–Crippen LogP) is 1.24. The number of benzene rings is 1. The number of aromatic nitrogens is 1. The first kappa shape index (κ1) is 20.2. The summed E-state index contributed by atoms with van der Waals surface area (Å²) in [5, 5.41) is 3.13. The summed E-state index contributed by atoms with van der Waals surface area (Å²) in [6, 6.07) is 11.0. The molecule has 0 radical (unpaired) electrons. The van der Waals surface area contributed by atoms with E-state index in [9.17, 15) is 9.59 Å². The molecular weight excluding hydrogens is 382 g/mol. The zero-order chi connectivity index (χ0) is 21.3. The van der Waals surface area contributed by atoms with Crippen LogP contribution in [0, 0.1) is 0 Å². The van der Waals surface area contributed by atoms with Gasteiger partial charge in [-0.25, -0.2) is 4.98 Å². The molecule has 1 fully saturated rings. The summed E-state index contributed by atoms with van der Waals surface area (Å²) in [7, 11) is 1.60. The molecule has 3 N–H and O–H groups in total. The molecule has 1 aromatic carbocycles. The van der Waals surface area contributed by atoms with E-state index in [1.807, 2.05) is 18.2 Å². The molecule has 2 amide bonds. The van der Waals surface area contributed by atoms with Crippen molar-refractivity contribution in [2.45, 2.75) is 25.0 Å². The van der Waals surface area contributed by atoms with Gasteiger partial charge in [-0.15, -0.1) is 0 Å². The van der Waals surface area contributed by atoms with E-state index in [-0.39, 0.29) is 29.9 Å². The van der Waals surface area contributed by atoms with Gasteiger partial charge in [0.25, 0.3) is 5.91 Å². The van der Waals surface area contributed by atoms with Gasteiger partial charge in [0.2, 0.25) is 5.91 Å². The van der Waals surface area contributed by atoms with Crippen molar-refractivity contribution in [3.63, 3.8) is 0 Å². The minimum atomic E-state index is -0.275. The van der Waals surface area contributed by atoms with Crippen molar-refractivity contribution < 1.29 is 14.3 Å². The topological polar surface area (TPSA) is 101 Å². The maximum atomic E-state index is 13.1. The van der Waals surface area contributed by atoms with Gasteiger partial charge in [0, 0.05) is 39.0 Å². The second kappa shape index (κ2) is 8.31. The molecule has 2 aromatic rings. The van der Waals surface area contributed by atoms with Crippen molar-refractivity contribution in [3.8, 4) is 0 Å². The zero-order valence-corrected chi connectivity index (χ0v) is 17.2. The fourth-order valence-electron chi connectivity index (χ4n) is 4.31. The number of pyridine rings is 1. The van der Waals surface area contributed by atoms with Gasteiger partial charge in [-0.1, -0.05) is 18.2 Å². The van der Waals surface area contributed by atoms with E-state index in [2.05, 4.69) is 28.2 Å². The SMILES string of the molecule is CCN1CC(C(=O)N[C@@H]2CN(C(=O)c3ccc(N)cn3)C[C@@H]2OC)c2ccccc21. The molecule has 4 rings (SSSR count). The van der Waals surface area contributed by atoms with E-state index >= 15 is 0 Å². The Balaban J connectivity index is 1.46. The van der Waals surface area contributed by atoms with Gasteiger partial charge in [0.1, 0.15) is 5.69 Å². The van der Waals surface area contributed by atoms with Crippen molar-refractivity contribution in [1.82, 2.24) is 15.2 Å². The summed E-state index contributed by atoms with van der Waals surface area (Å²) in [4.78, 5) is 33.9. The minimum Gasteiger partial charge on any atom is -0.397 e. The summed E-state index contributed by atoms with van der Waals surface area (Å²) >= 11 is 0. The lowest BCUT2D eigenvalue weighted by atomic mass is 10.00. The number of likely N-dealkylation sites (N-methyl/N-ethyl adjacent to an activating group) is 1. The Hall–Kier alpha value is -3.13. The van der Waals surface area contributed by atoms with Crippen LogP contribution in [0.5, 0.6) is 0 Å². The molecule has 30 heavy (non-hydrogen) atoms. The first-order valence-corrected chi connectivity index (χ1v) is 10.2. The number of amides is 2. The number of nitrogens with zero attached hydrogens (tertiary/aromatic N) is 3. The number of nitrogens with two attached hydrogens (primary N) is 1. The normalized spacial score (nSPS) is 22.8. The van der Waals surface area contributed by atoms with E-state index in [1.54, 1.807) is 24.1 Å². The number of para-hydroxylation sites is 1. The number of carbonyl (C=O) groups excluding carboxylic acids is 2. The van der Waals surface area contributed by atoms with Crippen molar-refractivity contribution in [3.05, 3.63) is 53.9 Å². The standard InChI is InChI=1S/C22H27N5O3/c1-3-26-11-16(15-6-4-5-7-19(15)26)21(28)25-18-12-27(13-20(18)30-2)22(29)17-9-8-14(23)10-24-17/h4-10,16,18,20H,3,11-13,23H2,1-2H3,(H,25,28)/t16?,18-,20+/m1/s1. The molecule has 158 valence electrons. The molecule has 8 heteroatoms. The Morgan fingerprint density at radius 3 is 2.70 bits per heavy atom. The predicted molar refractivity (Wildman–Crippen MR) is 114 cm³/mol. The van der Waals surface area contributed by atoms with E-state index in [0.29, 0.717) is 31.0 Å². The highest BCUT2D eigenvalue weighted by molar-refractivity contribution is 5.93. The summed E-state index contributed by atoms with van der Waals surface area (Å²) in [5.41, 5.74) is 8.65. The average molecular weight is 409 g/mol. The molecule has 0 spiro atoms. The minimum absolute atomic E-state index is 0.0367. The quantitative estimate of drug-likeness (QED) is 0.771. The van der Waals surface area contributed by atoms with Crippen LogP contribution < -0.4 is 16.0 Å².